The smallest absolute Gasteiger partial charge is 0.0647 e. The average Bonchev–Trinajstić information content (AvgIpc) is 2.49. The van der Waals surface area contributed by atoms with E-state index >= 15 is 0 Å². The first-order valence-corrected chi connectivity index (χ1v) is 4.54. The van der Waals surface area contributed by atoms with Gasteiger partial charge in [0.1, 0.15) is 0 Å². The SMILES string of the molecule is ClCc1c[nH]c2c(Cl)cccc12. The first-order valence-electron chi connectivity index (χ1n) is 3.63. The molecule has 1 N–H and O–H groups in total. The van der Waals surface area contributed by atoms with Crippen molar-refractivity contribution in [1.29, 1.82) is 0 Å². The zero-order chi connectivity index (χ0) is 8.55. The predicted octanol–water partition coefficient (Wildman–Crippen LogP) is 3.56. The summed E-state index contributed by atoms with van der Waals surface area (Å²) in [5, 5.41) is 1.85. The molecule has 1 aromatic carbocycles. The lowest BCUT2D eigenvalue weighted by molar-refractivity contribution is 1.39. The fraction of sp³-hybridized carbons (Fsp3) is 0.111. The molecule has 2 aromatic rings. The zero-order valence-electron chi connectivity index (χ0n) is 6.27. The van der Waals surface area contributed by atoms with E-state index in [-0.39, 0.29) is 0 Å². The molecule has 0 atom stereocenters. The Kier molecular flexibility index (Phi) is 1.99. The van der Waals surface area contributed by atoms with Crippen LogP contribution in [-0.2, 0) is 5.88 Å². The van der Waals surface area contributed by atoms with Crippen LogP contribution in [0.15, 0.2) is 24.4 Å². The molecule has 12 heavy (non-hydrogen) atoms. The Bertz CT molecular complexity index is 406. The van der Waals surface area contributed by atoms with E-state index in [0.717, 1.165) is 21.5 Å². The Morgan fingerprint density at radius 3 is 2.92 bits per heavy atom. The van der Waals surface area contributed by atoms with E-state index in [0.29, 0.717) is 5.88 Å². The topological polar surface area (TPSA) is 15.8 Å². The summed E-state index contributed by atoms with van der Waals surface area (Å²) in [5.74, 6) is 0.514. The standard InChI is InChI=1S/C9H7Cl2N/c10-4-6-5-12-9-7(6)2-1-3-8(9)11/h1-3,5,12H,4H2. The van der Waals surface area contributed by atoms with Crippen LogP contribution in [0.1, 0.15) is 5.56 Å². The van der Waals surface area contributed by atoms with Crippen molar-refractivity contribution in [1.82, 2.24) is 4.98 Å². The third kappa shape index (κ3) is 1.10. The highest BCUT2D eigenvalue weighted by molar-refractivity contribution is 6.35. The van der Waals surface area contributed by atoms with E-state index < -0.39 is 0 Å². The molecule has 0 fully saturated rings. The van der Waals surface area contributed by atoms with Crippen LogP contribution in [0, 0.1) is 0 Å². The van der Waals surface area contributed by atoms with Gasteiger partial charge in [-0.1, -0.05) is 23.7 Å². The fourth-order valence-corrected chi connectivity index (χ4v) is 1.74. The van der Waals surface area contributed by atoms with Gasteiger partial charge < -0.3 is 4.98 Å². The van der Waals surface area contributed by atoms with E-state index in [1.807, 2.05) is 24.4 Å². The Hall–Kier alpha value is -0.660. The minimum absolute atomic E-state index is 0.514. The van der Waals surface area contributed by atoms with Crippen LogP contribution >= 0.6 is 23.2 Å². The maximum absolute atomic E-state index is 5.95. The molecule has 0 aliphatic heterocycles. The molecule has 0 radical (unpaired) electrons. The molecule has 0 aliphatic carbocycles. The summed E-state index contributed by atoms with van der Waals surface area (Å²) in [6.45, 7) is 0. The van der Waals surface area contributed by atoms with Crippen LogP contribution in [0.2, 0.25) is 5.02 Å². The molecule has 0 unspecified atom stereocenters. The lowest BCUT2D eigenvalue weighted by Gasteiger charge is -1.93. The largest absolute Gasteiger partial charge is 0.360 e. The van der Waals surface area contributed by atoms with Crippen molar-refractivity contribution in [3.63, 3.8) is 0 Å². The molecule has 0 bridgehead atoms. The van der Waals surface area contributed by atoms with Crippen LogP contribution in [0.5, 0.6) is 0 Å². The molecule has 3 heteroatoms. The fourth-order valence-electron chi connectivity index (χ4n) is 1.29. The second-order valence-electron chi connectivity index (χ2n) is 2.61. The van der Waals surface area contributed by atoms with Gasteiger partial charge in [-0.25, -0.2) is 0 Å². The first-order chi connectivity index (χ1) is 5.83. The van der Waals surface area contributed by atoms with Crippen molar-refractivity contribution in [2.24, 2.45) is 0 Å². The van der Waals surface area contributed by atoms with E-state index in [9.17, 15) is 0 Å². The van der Waals surface area contributed by atoms with Gasteiger partial charge in [-0.2, -0.15) is 0 Å². The molecule has 2 rings (SSSR count). The lowest BCUT2D eigenvalue weighted by Crippen LogP contribution is -1.72. The van der Waals surface area contributed by atoms with Crippen LogP contribution < -0.4 is 0 Å². The number of aromatic nitrogens is 1. The number of hydrogen-bond acceptors (Lipinski definition) is 0. The van der Waals surface area contributed by atoms with Gasteiger partial charge >= 0.3 is 0 Å². The number of fused-ring (bicyclic) bond motifs is 1. The molecule has 0 aliphatic rings. The monoisotopic (exact) mass is 199 g/mol. The third-order valence-electron chi connectivity index (χ3n) is 1.89. The number of H-pyrrole nitrogens is 1. The average molecular weight is 200 g/mol. The number of alkyl halides is 1. The van der Waals surface area contributed by atoms with Crippen molar-refractivity contribution < 1.29 is 0 Å². The predicted molar refractivity (Wildman–Crippen MR) is 52.9 cm³/mol. The maximum Gasteiger partial charge on any atom is 0.0647 e. The van der Waals surface area contributed by atoms with Gasteiger partial charge in [-0.15, -0.1) is 11.6 Å². The number of para-hydroxylation sites is 1. The molecule has 0 saturated carbocycles. The zero-order valence-corrected chi connectivity index (χ0v) is 7.78. The highest BCUT2D eigenvalue weighted by Gasteiger charge is 2.03. The molecule has 0 saturated heterocycles. The summed E-state index contributed by atoms with van der Waals surface area (Å²) in [5.41, 5.74) is 2.06. The van der Waals surface area contributed by atoms with Gasteiger partial charge in [-0.3, -0.25) is 0 Å². The van der Waals surface area contributed by atoms with E-state index in [1.54, 1.807) is 0 Å². The lowest BCUT2D eigenvalue weighted by atomic mass is 10.2. The number of nitrogens with one attached hydrogen (secondary N) is 1. The van der Waals surface area contributed by atoms with Gasteiger partial charge in [0.15, 0.2) is 0 Å². The molecule has 0 spiro atoms. The van der Waals surface area contributed by atoms with Crippen molar-refractivity contribution in [2.45, 2.75) is 5.88 Å². The molecule has 1 heterocycles. The number of halogens is 2. The summed E-state index contributed by atoms with van der Waals surface area (Å²) >= 11 is 11.7. The molecule has 0 amide bonds. The van der Waals surface area contributed by atoms with Crippen LogP contribution in [0.3, 0.4) is 0 Å². The van der Waals surface area contributed by atoms with Crippen molar-refractivity contribution in [2.75, 3.05) is 0 Å². The van der Waals surface area contributed by atoms with Crippen molar-refractivity contribution in [3.05, 3.63) is 35.0 Å². The number of aromatic amines is 1. The molecule has 1 aromatic heterocycles. The quantitative estimate of drug-likeness (QED) is 0.677. The Morgan fingerprint density at radius 1 is 1.33 bits per heavy atom. The minimum Gasteiger partial charge on any atom is -0.360 e. The molecular weight excluding hydrogens is 193 g/mol. The van der Waals surface area contributed by atoms with Gasteiger partial charge in [0, 0.05) is 17.5 Å². The summed E-state index contributed by atoms with van der Waals surface area (Å²) < 4.78 is 0. The van der Waals surface area contributed by atoms with Crippen LogP contribution in [0.4, 0.5) is 0 Å². The highest BCUT2D eigenvalue weighted by atomic mass is 35.5. The van der Waals surface area contributed by atoms with Crippen molar-refractivity contribution in [3.8, 4) is 0 Å². The first kappa shape index (κ1) is 7.96. The van der Waals surface area contributed by atoms with Gasteiger partial charge in [-0.05, 0) is 11.6 Å². The Labute approximate surface area is 80.3 Å². The Balaban J connectivity index is 2.80. The summed E-state index contributed by atoms with van der Waals surface area (Å²) in [6.07, 6.45) is 1.89. The Morgan fingerprint density at radius 2 is 2.17 bits per heavy atom. The van der Waals surface area contributed by atoms with E-state index in [1.165, 1.54) is 0 Å². The van der Waals surface area contributed by atoms with E-state index in [4.69, 9.17) is 23.2 Å². The highest BCUT2D eigenvalue weighted by Crippen LogP contribution is 2.25. The van der Waals surface area contributed by atoms with Crippen LogP contribution in [-0.4, -0.2) is 4.98 Å². The number of hydrogen-bond donors (Lipinski definition) is 1. The molecule has 1 nitrogen and oxygen atoms in total. The number of benzene rings is 1. The van der Waals surface area contributed by atoms with Gasteiger partial charge in [0.25, 0.3) is 0 Å². The minimum atomic E-state index is 0.514. The molecular formula is C9H7Cl2N. The third-order valence-corrected chi connectivity index (χ3v) is 2.50. The number of rotatable bonds is 1. The van der Waals surface area contributed by atoms with Gasteiger partial charge in [0.2, 0.25) is 0 Å². The van der Waals surface area contributed by atoms with E-state index in [2.05, 4.69) is 4.98 Å². The normalized spacial score (nSPS) is 10.8. The second kappa shape index (κ2) is 3.00. The summed E-state index contributed by atoms with van der Waals surface area (Å²) in [4.78, 5) is 3.09. The summed E-state index contributed by atoms with van der Waals surface area (Å²) in [7, 11) is 0. The summed E-state index contributed by atoms with van der Waals surface area (Å²) in [6, 6.07) is 5.79. The van der Waals surface area contributed by atoms with Gasteiger partial charge in [0.05, 0.1) is 10.5 Å². The van der Waals surface area contributed by atoms with Crippen LogP contribution in [0.25, 0.3) is 10.9 Å². The van der Waals surface area contributed by atoms with Crippen molar-refractivity contribution >= 4 is 34.1 Å². The maximum atomic E-state index is 5.95. The second-order valence-corrected chi connectivity index (χ2v) is 3.28. The molecule has 62 valence electrons.